The Morgan fingerprint density at radius 2 is 2.38 bits per heavy atom. The molecule has 16 heavy (non-hydrogen) atoms. The van der Waals surface area contributed by atoms with Crippen LogP contribution in [0, 0.1) is 3.57 Å². The van der Waals surface area contributed by atoms with Gasteiger partial charge in [0.2, 0.25) is 0 Å². The predicted octanol–water partition coefficient (Wildman–Crippen LogP) is -0.228. The number of esters is 1. The van der Waals surface area contributed by atoms with E-state index in [0.717, 1.165) is 0 Å². The highest BCUT2D eigenvalue weighted by molar-refractivity contribution is 14.1. The van der Waals surface area contributed by atoms with Gasteiger partial charge >= 0.3 is 5.97 Å². The molecular weight excluding hydrogens is 327 g/mol. The number of aliphatic hydroxyl groups is 1. The van der Waals surface area contributed by atoms with Crippen LogP contribution in [0.25, 0.3) is 0 Å². The summed E-state index contributed by atoms with van der Waals surface area (Å²) in [5, 5.41) is 9.79. The summed E-state index contributed by atoms with van der Waals surface area (Å²) in [6, 6.07) is 0. The lowest BCUT2D eigenvalue weighted by Crippen LogP contribution is -2.43. The maximum Gasteiger partial charge on any atom is 0.339 e. The van der Waals surface area contributed by atoms with Crippen LogP contribution in [0.3, 0.4) is 0 Å². The Morgan fingerprint density at radius 3 is 2.94 bits per heavy atom. The Kier molecular flexibility index (Phi) is 4.03. The van der Waals surface area contributed by atoms with Gasteiger partial charge in [-0.3, -0.25) is 9.36 Å². The summed E-state index contributed by atoms with van der Waals surface area (Å²) >= 11 is 1.83. The number of hydrogen-bond donors (Lipinski definition) is 1. The van der Waals surface area contributed by atoms with Crippen LogP contribution in [0.15, 0.2) is 17.3 Å². The van der Waals surface area contributed by atoms with E-state index in [0.29, 0.717) is 3.57 Å². The van der Waals surface area contributed by atoms with Gasteiger partial charge in [0, 0.05) is 6.20 Å². The fourth-order valence-corrected chi connectivity index (χ4v) is 1.62. The fraction of sp³-hybridized carbons (Fsp3) is 0.444. The Morgan fingerprint density at radius 1 is 1.75 bits per heavy atom. The summed E-state index contributed by atoms with van der Waals surface area (Å²) in [7, 11) is 1.17. The van der Waals surface area contributed by atoms with Gasteiger partial charge in [0.05, 0.1) is 23.6 Å². The van der Waals surface area contributed by atoms with Crippen LogP contribution in [0.2, 0.25) is 0 Å². The Bertz CT molecular complexity index is 455. The Hall–Kier alpha value is -0.960. The van der Waals surface area contributed by atoms with Crippen molar-refractivity contribution in [2.75, 3.05) is 7.11 Å². The minimum atomic E-state index is -1.75. The molecule has 0 saturated carbocycles. The molecule has 6 nitrogen and oxygen atoms in total. The van der Waals surface area contributed by atoms with Crippen LogP contribution in [0.1, 0.15) is 6.92 Å². The molecular formula is C9H11IN2O4. The molecule has 0 spiro atoms. The number of methoxy groups -OCH3 is 1. The van der Waals surface area contributed by atoms with E-state index in [-0.39, 0.29) is 12.1 Å². The van der Waals surface area contributed by atoms with E-state index >= 15 is 0 Å². The van der Waals surface area contributed by atoms with Crippen LogP contribution >= 0.6 is 22.6 Å². The van der Waals surface area contributed by atoms with Gasteiger partial charge in [0.25, 0.3) is 5.56 Å². The number of hydrogen-bond acceptors (Lipinski definition) is 5. The van der Waals surface area contributed by atoms with Gasteiger partial charge in [-0.2, -0.15) is 0 Å². The first-order valence-electron chi connectivity index (χ1n) is 4.39. The molecule has 0 aliphatic heterocycles. The van der Waals surface area contributed by atoms with Crippen molar-refractivity contribution >= 4 is 28.6 Å². The zero-order valence-electron chi connectivity index (χ0n) is 8.81. The largest absolute Gasteiger partial charge is 0.467 e. The second-order valence-corrected chi connectivity index (χ2v) is 4.60. The molecule has 1 unspecified atom stereocenters. The highest BCUT2D eigenvalue weighted by Crippen LogP contribution is 2.08. The van der Waals surface area contributed by atoms with Crippen molar-refractivity contribution in [3.05, 3.63) is 26.4 Å². The molecule has 0 radical (unpaired) electrons. The molecule has 1 rings (SSSR count). The summed E-state index contributed by atoms with van der Waals surface area (Å²) in [4.78, 5) is 26.6. The molecule has 0 aliphatic carbocycles. The third-order valence-electron chi connectivity index (χ3n) is 1.96. The lowest BCUT2D eigenvalue weighted by atomic mass is 10.1. The van der Waals surface area contributed by atoms with E-state index in [1.54, 1.807) is 0 Å². The van der Waals surface area contributed by atoms with Gasteiger partial charge in [-0.05, 0) is 29.5 Å². The molecule has 1 atom stereocenters. The van der Waals surface area contributed by atoms with Gasteiger partial charge in [0.1, 0.15) is 0 Å². The summed E-state index contributed by atoms with van der Waals surface area (Å²) in [6.07, 6.45) is 2.67. The smallest absolute Gasteiger partial charge is 0.339 e. The molecule has 1 aromatic heterocycles. The van der Waals surface area contributed by atoms with Crippen LogP contribution in [0.5, 0.6) is 0 Å². The van der Waals surface area contributed by atoms with Crippen molar-refractivity contribution in [3.8, 4) is 0 Å². The van der Waals surface area contributed by atoms with Crippen LogP contribution in [0.4, 0.5) is 0 Å². The monoisotopic (exact) mass is 338 g/mol. The number of ether oxygens (including phenoxy) is 1. The quantitative estimate of drug-likeness (QED) is 0.608. The van der Waals surface area contributed by atoms with Crippen LogP contribution in [-0.4, -0.2) is 33.3 Å². The topological polar surface area (TPSA) is 81.4 Å². The average molecular weight is 338 g/mol. The third-order valence-corrected chi connectivity index (χ3v) is 2.70. The minimum Gasteiger partial charge on any atom is -0.467 e. The van der Waals surface area contributed by atoms with Gasteiger partial charge < -0.3 is 9.84 Å². The standard InChI is InChI=1S/C9H11IN2O4/c1-9(15,8(14)16-2)4-12-5-11-3-6(10)7(12)13/h3,5,15H,4H2,1-2H3. The van der Waals surface area contributed by atoms with Gasteiger partial charge in [0.15, 0.2) is 5.60 Å². The molecule has 0 bridgehead atoms. The third kappa shape index (κ3) is 2.79. The second kappa shape index (κ2) is 4.91. The molecule has 1 N–H and O–H groups in total. The molecule has 1 aromatic rings. The molecule has 0 amide bonds. The number of aromatic nitrogens is 2. The lowest BCUT2D eigenvalue weighted by molar-refractivity contribution is -0.161. The first-order valence-corrected chi connectivity index (χ1v) is 5.47. The molecule has 0 aliphatic rings. The zero-order valence-corrected chi connectivity index (χ0v) is 11.0. The SMILES string of the molecule is COC(=O)C(C)(O)Cn1cncc(I)c1=O. The highest BCUT2D eigenvalue weighted by Gasteiger charge is 2.32. The van der Waals surface area contributed by atoms with Crippen molar-refractivity contribution in [1.82, 2.24) is 9.55 Å². The Balaban J connectivity index is 3.01. The average Bonchev–Trinajstić information content (AvgIpc) is 2.23. The number of carbonyl (C=O) groups is 1. The van der Waals surface area contributed by atoms with Crippen molar-refractivity contribution in [1.29, 1.82) is 0 Å². The fourth-order valence-electron chi connectivity index (χ4n) is 1.15. The van der Waals surface area contributed by atoms with Crippen LogP contribution < -0.4 is 5.56 Å². The first-order chi connectivity index (χ1) is 7.38. The molecule has 7 heteroatoms. The van der Waals surface area contributed by atoms with Crippen molar-refractivity contribution in [2.24, 2.45) is 0 Å². The second-order valence-electron chi connectivity index (χ2n) is 3.44. The highest BCUT2D eigenvalue weighted by atomic mass is 127. The number of halogens is 1. The molecule has 0 saturated heterocycles. The first kappa shape index (κ1) is 13.1. The maximum atomic E-state index is 11.6. The maximum absolute atomic E-state index is 11.6. The van der Waals surface area contributed by atoms with E-state index in [4.69, 9.17) is 0 Å². The summed E-state index contributed by atoms with van der Waals surface area (Å²) in [6.45, 7) is 1.09. The molecule has 0 fully saturated rings. The van der Waals surface area contributed by atoms with Gasteiger partial charge in [-0.1, -0.05) is 0 Å². The number of nitrogens with zero attached hydrogens (tertiary/aromatic N) is 2. The Labute approximate surface area is 105 Å². The van der Waals surface area contributed by atoms with E-state index in [1.807, 2.05) is 22.6 Å². The molecule has 88 valence electrons. The van der Waals surface area contributed by atoms with Crippen LogP contribution in [-0.2, 0) is 16.1 Å². The van der Waals surface area contributed by atoms with E-state index < -0.39 is 11.6 Å². The van der Waals surface area contributed by atoms with Gasteiger partial charge in [-0.25, -0.2) is 9.78 Å². The normalized spacial score (nSPS) is 14.2. The summed E-state index contributed by atoms with van der Waals surface area (Å²) in [5.41, 5.74) is -2.05. The van der Waals surface area contributed by atoms with E-state index in [2.05, 4.69) is 9.72 Å². The summed E-state index contributed by atoms with van der Waals surface area (Å²) in [5.74, 6) is -0.793. The molecule has 1 heterocycles. The zero-order chi connectivity index (χ0) is 12.3. The predicted molar refractivity (Wildman–Crippen MR) is 63.9 cm³/mol. The van der Waals surface area contributed by atoms with E-state index in [9.17, 15) is 14.7 Å². The van der Waals surface area contributed by atoms with Crippen molar-refractivity contribution < 1.29 is 14.6 Å². The molecule has 0 aromatic carbocycles. The summed E-state index contributed by atoms with van der Waals surface area (Å²) < 4.78 is 6.01. The van der Waals surface area contributed by atoms with E-state index in [1.165, 1.54) is 31.1 Å². The van der Waals surface area contributed by atoms with Crippen molar-refractivity contribution in [3.63, 3.8) is 0 Å². The number of rotatable bonds is 3. The number of carbonyl (C=O) groups excluding carboxylic acids is 1. The van der Waals surface area contributed by atoms with Gasteiger partial charge in [-0.15, -0.1) is 0 Å². The lowest BCUT2D eigenvalue weighted by Gasteiger charge is -2.20. The minimum absolute atomic E-state index is 0.192. The van der Waals surface area contributed by atoms with Crippen molar-refractivity contribution in [2.45, 2.75) is 19.1 Å².